The van der Waals surface area contributed by atoms with E-state index in [0.29, 0.717) is 40.8 Å². The molecule has 3 aromatic heterocycles. The molecule has 0 saturated carbocycles. The summed E-state index contributed by atoms with van der Waals surface area (Å²) in [5.74, 6) is 4.54. The fraction of sp³-hybridized carbons (Fsp3) is 0. The molecular weight excluding hydrogens is 909 g/mol. The lowest BCUT2D eigenvalue weighted by atomic mass is 10.0. The van der Waals surface area contributed by atoms with Gasteiger partial charge in [-0.15, -0.1) is 0 Å². The highest BCUT2D eigenvalue weighted by Crippen LogP contribution is 2.55. The fourth-order valence-corrected chi connectivity index (χ4v) is 9.39. The lowest BCUT2D eigenvalue weighted by Gasteiger charge is -2.40. The summed E-state index contributed by atoms with van der Waals surface area (Å²) in [6.45, 7) is 0. The molecule has 0 saturated heterocycles. The molecule has 10 nitrogen and oxygen atoms in total. The zero-order chi connectivity index (χ0) is 49.2. The Morgan fingerprint density at radius 3 is 0.905 bits per heavy atom. The predicted octanol–water partition coefficient (Wildman–Crippen LogP) is 15.4. The van der Waals surface area contributed by atoms with Crippen LogP contribution in [0.15, 0.2) is 255 Å². The monoisotopic (exact) mass is 950 g/mol. The summed E-state index contributed by atoms with van der Waals surface area (Å²) in [4.78, 5) is 46.2. The second kappa shape index (κ2) is 19.1. The highest BCUT2D eigenvalue weighted by molar-refractivity contribution is 6.03. The first-order valence-corrected chi connectivity index (χ1v) is 24.4. The molecule has 10 heteroatoms. The van der Waals surface area contributed by atoms with Crippen LogP contribution < -0.4 is 9.80 Å². The van der Waals surface area contributed by atoms with Crippen LogP contribution in [0.4, 0.5) is 34.3 Å². The Kier molecular flexibility index (Phi) is 11.3. The van der Waals surface area contributed by atoms with Crippen molar-refractivity contribution < 1.29 is 0 Å². The standard InChI is InChI=1S/C64H42N10/c1-7-23-43(24-8-1)51-42-57(66-58(65-51)44-25-9-2-10-26-44)74-55-37-21-19-35-53(55)73(54-36-20-22-38-56(54)74)52-40-39-49(63-69-59(45-27-11-3-12-28-45)67-60(70-63)46-29-13-4-14-30-46)41-50(52)64-71-61(47-31-15-5-16-32-47)68-62(72-64)48-33-17-6-18-34-48/h1-42H. The average molecular weight is 951 g/mol. The molecule has 0 atom stereocenters. The molecule has 0 unspecified atom stereocenters. The molecule has 0 amide bonds. The molecule has 74 heavy (non-hydrogen) atoms. The number of hydrogen-bond acceptors (Lipinski definition) is 10. The second-order valence-electron chi connectivity index (χ2n) is 17.6. The van der Waals surface area contributed by atoms with Crippen LogP contribution in [0.25, 0.3) is 91.0 Å². The number of nitrogens with zero attached hydrogens (tertiary/aromatic N) is 10. The van der Waals surface area contributed by atoms with Gasteiger partial charge in [-0.2, -0.15) is 0 Å². The Balaban J connectivity index is 1.05. The zero-order valence-corrected chi connectivity index (χ0v) is 39.7. The van der Waals surface area contributed by atoms with E-state index in [9.17, 15) is 0 Å². The SMILES string of the molecule is c1ccc(-c2cc(N3c4ccccc4N(c4ccc(-c5nc(-c6ccccc6)nc(-c6ccccc6)n5)cc4-c4nc(-c5ccccc5)nc(-c5ccccc5)n4)c4ccccc43)nc(-c3ccccc3)n2)cc1. The molecule has 4 heterocycles. The first-order chi connectivity index (χ1) is 36.7. The number of rotatable bonds is 10. The Morgan fingerprint density at radius 1 is 0.203 bits per heavy atom. The third-order valence-electron chi connectivity index (χ3n) is 12.9. The maximum Gasteiger partial charge on any atom is 0.166 e. The van der Waals surface area contributed by atoms with E-state index in [1.165, 1.54) is 0 Å². The summed E-state index contributed by atoms with van der Waals surface area (Å²) >= 11 is 0. The van der Waals surface area contributed by atoms with E-state index in [2.05, 4.69) is 107 Å². The summed E-state index contributed by atoms with van der Waals surface area (Å²) in [7, 11) is 0. The Bertz CT molecular complexity index is 3740. The molecule has 0 spiro atoms. The van der Waals surface area contributed by atoms with Crippen molar-refractivity contribution in [3.8, 4) is 91.0 Å². The van der Waals surface area contributed by atoms with Crippen molar-refractivity contribution >= 4 is 34.3 Å². The summed E-state index contributed by atoms with van der Waals surface area (Å²) in [5, 5.41) is 0. The first kappa shape index (κ1) is 43.7. The number of anilines is 6. The van der Waals surface area contributed by atoms with Gasteiger partial charge in [0, 0.05) is 50.6 Å². The molecule has 0 aliphatic carbocycles. The van der Waals surface area contributed by atoms with Crippen LogP contribution >= 0.6 is 0 Å². The van der Waals surface area contributed by atoms with Gasteiger partial charge in [0.1, 0.15) is 5.82 Å². The van der Waals surface area contributed by atoms with Gasteiger partial charge in [-0.1, -0.05) is 206 Å². The van der Waals surface area contributed by atoms with Gasteiger partial charge in [0.25, 0.3) is 0 Å². The summed E-state index contributed by atoms with van der Waals surface area (Å²) in [6.07, 6.45) is 0. The zero-order valence-electron chi connectivity index (χ0n) is 39.7. The summed E-state index contributed by atoms with van der Waals surface area (Å²) in [5.41, 5.74) is 12.2. The van der Waals surface area contributed by atoms with E-state index in [1.807, 2.05) is 158 Å². The van der Waals surface area contributed by atoms with E-state index in [-0.39, 0.29) is 0 Å². The summed E-state index contributed by atoms with van der Waals surface area (Å²) < 4.78 is 0. The normalized spacial score (nSPS) is 11.7. The summed E-state index contributed by atoms with van der Waals surface area (Å²) in [6, 6.07) is 85.8. The topological polar surface area (TPSA) is 110 Å². The van der Waals surface area contributed by atoms with Crippen LogP contribution in [0.5, 0.6) is 0 Å². The number of hydrogen-bond donors (Lipinski definition) is 0. The smallest absolute Gasteiger partial charge is 0.166 e. The van der Waals surface area contributed by atoms with Gasteiger partial charge < -0.3 is 4.90 Å². The Hall–Kier alpha value is -10.3. The maximum absolute atomic E-state index is 5.34. The predicted molar refractivity (Wildman–Crippen MR) is 295 cm³/mol. The molecule has 9 aromatic carbocycles. The van der Waals surface area contributed by atoms with Crippen molar-refractivity contribution in [2.75, 3.05) is 9.80 Å². The van der Waals surface area contributed by atoms with Crippen LogP contribution in [0.2, 0.25) is 0 Å². The van der Waals surface area contributed by atoms with E-state index < -0.39 is 0 Å². The van der Waals surface area contributed by atoms with Gasteiger partial charge in [-0.25, -0.2) is 39.9 Å². The Labute approximate surface area is 427 Å². The van der Waals surface area contributed by atoms with Gasteiger partial charge >= 0.3 is 0 Å². The van der Waals surface area contributed by atoms with E-state index in [0.717, 1.165) is 84.5 Å². The number of para-hydroxylation sites is 4. The minimum absolute atomic E-state index is 0.475. The van der Waals surface area contributed by atoms with Crippen LogP contribution in [0.1, 0.15) is 0 Å². The number of aromatic nitrogens is 8. The second-order valence-corrected chi connectivity index (χ2v) is 17.6. The van der Waals surface area contributed by atoms with Crippen molar-refractivity contribution in [2.45, 2.75) is 0 Å². The van der Waals surface area contributed by atoms with Gasteiger partial charge in [0.05, 0.1) is 34.1 Å². The maximum atomic E-state index is 5.34. The highest BCUT2D eigenvalue weighted by Gasteiger charge is 2.33. The molecule has 0 fully saturated rings. The molecular formula is C64H42N10. The van der Waals surface area contributed by atoms with Gasteiger partial charge in [0.2, 0.25) is 0 Å². The van der Waals surface area contributed by atoms with Crippen molar-refractivity contribution in [1.82, 2.24) is 39.9 Å². The molecule has 1 aliphatic rings. The lowest BCUT2D eigenvalue weighted by molar-refractivity contribution is 1.06. The van der Waals surface area contributed by atoms with Crippen molar-refractivity contribution in [3.63, 3.8) is 0 Å². The van der Waals surface area contributed by atoms with Crippen molar-refractivity contribution in [2.24, 2.45) is 0 Å². The first-order valence-electron chi connectivity index (χ1n) is 24.4. The Morgan fingerprint density at radius 2 is 0.514 bits per heavy atom. The minimum Gasteiger partial charge on any atom is -0.306 e. The third kappa shape index (κ3) is 8.37. The number of fused-ring (bicyclic) bond motifs is 2. The molecule has 0 bridgehead atoms. The lowest BCUT2D eigenvalue weighted by Crippen LogP contribution is -2.25. The van der Waals surface area contributed by atoms with Crippen LogP contribution in [0, 0.1) is 0 Å². The molecule has 12 aromatic rings. The number of benzene rings is 9. The van der Waals surface area contributed by atoms with Crippen molar-refractivity contribution in [3.05, 3.63) is 255 Å². The fourth-order valence-electron chi connectivity index (χ4n) is 9.39. The van der Waals surface area contributed by atoms with Crippen molar-refractivity contribution in [1.29, 1.82) is 0 Å². The van der Waals surface area contributed by atoms with Crippen LogP contribution in [-0.2, 0) is 0 Å². The van der Waals surface area contributed by atoms with E-state index in [4.69, 9.17) is 39.9 Å². The van der Waals surface area contributed by atoms with Gasteiger partial charge in [-0.3, -0.25) is 4.90 Å². The minimum atomic E-state index is 0.475. The highest BCUT2D eigenvalue weighted by atomic mass is 15.3. The van der Waals surface area contributed by atoms with E-state index >= 15 is 0 Å². The largest absolute Gasteiger partial charge is 0.306 e. The van der Waals surface area contributed by atoms with Gasteiger partial charge in [0.15, 0.2) is 40.8 Å². The third-order valence-corrected chi connectivity index (χ3v) is 12.9. The molecule has 13 rings (SSSR count). The molecule has 1 aliphatic heterocycles. The van der Waals surface area contributed by atoms with Crippen LogP contribution in [-0.4, -0.2) is 39.9 Å². The van der Waals surface area contributed by atoms with Crippen LogP contribution in [0.3, 0.4) is 0 Å². The van der Waals surface area contributed by atoms with E-state index in [1.54, 1.807) is 0 Å². The molecule has 0 radical (unpaired) electrons. The molecule has 348 valence electrons. The molecule has 0 N–H and O–H groups in total. The quantitative estimate of drug-likeness (QED) is 0.131. The average Bonchev–Trinajstić information content (AvgIpc) is 3.49. The van der Waals surface area contributed by atoms with Gasteiger partial charge in [-0.05, 0) is 42.5 Å².